The summed E-state index contributed by atoms with van der Waals surface area (Å²) in [7, 11) is 0. The van der Waals surface area contributed by atoms with E-state index in [4.69, 9.17) is 13.6 Å². The average molecular weight is 341 g/mol. The molecule has 1 amide bonds. The zero-order valence-corrected chi connectivity index (χ0v) is 14.1. The van der Waals surface area contributed by atoms with Crippen LogP contribution in [-0.2, 0) is 9.53 Å². The molecule has 2 atom stereocenters. The van der Waals surface area contributed by atoms with Crippen molar-refractivity contribution in [1.82, 2.24) is 15.1 Å². The molecule has 1 aliphatic heterocycles. The molecule has 0 spiro atoms. The molecule has 0 saturated carbocycles. The van der Waals surface area contributed by atoms with Gasteiger partial charge in [0, 0.05) is 18.9 Å². The molecule has 0 unspecified atom stereocenters. The van der Waals surface area contributed by atoms with E-state index in [2.05, 4.69) is 10.2 Å². The number of ether oxygens (including phenoxy) is 1. The average Bonchev–Trinajstić information content (AvgIpc) is 3.26. The second-order valence-electron chi connectivity index (χ2n) is 6.21. The van der Waals surface area contributed by atoms with E-state index in [-0.39, 0.29) is 17.9 Å². The number of fused-ring (bicyclic) bond motifs is 1. The fourth-order valence-corrected chi connectivity index (χ4v) is 3.05. The lowest BCUT2D eigenvalue weighted by atomic mass is 10.1. The number of carbonyl (C=O) groups is 1. The van der Waals surface area contributed by atoms with Crippen molar-refractivity contribution >= 4 is 16.9 Å². The molecular formula is C18H19N3O4. The van der Waals surface area contributed by atoms with Crippen molar-refractivity contribution in [2.24, 2.45) is 0 Å². The van der Waals surface area contributed by atoms with Crippen molar-refractivity contribution in [3.8, 4) is 0 Å². The number of benzene rings is 1. The summed E-state index contributed by atoms with van der Waals surface area (Å²) in [6, 6.07) is 9.67. The largest absolute Gasteiger partial charge is 0.460 e. The van der Waals surface area contributed by atoms with Gasteiger partial charge in [-0.25, -0.2) is 0 Å². The Bertz CT molecular complexity index is 868. The van der Waals surface area contributed by atoms with Crippen LogP contribution in [0.1, 0.15) is 36.5 Å². The van der Waals surface area contributed by atoms with Crippen LogP contribution in [0, 0.1) is 6.92 Å². The molecular weight excluding hydrogens is 322 g/mol. The number of aryl methyl sites for hydroxylation is 1. The number of aromatic nitrogens is 2. The molecule has 1 aromatic carbocycles. The lowest BCUT2D eigenvalue weighted by molar-refractivity contribution is -0.141. The molecule has 0 bridgehead atoms. The minimum atomic E-state index is -0.387. The molecule has 1 aliphatic rings. The van der Waals surface area contributed by atoms with Crippen LogP contribution in [0.2, 0.25) is 0 Å². The van der Waals surface area contributed by atoms with E-state index >= 15 is 0 Å². The van der Waals surface area contributed by atoms with Crippen LogP contribution in [0.25, 0.3) is 11.0 Å². The third-order valence-electron chi connectivity index (χ3n) is 4.44. The number of carbonyl (C=O) groups excluding carboxylic acids is 1. The maximum Gasteiger partial charge on any atom is 0.246 e. The van der Waals surface area contributed by atoms with Gasteiger partial charge in [0.05, 0.1) is 19.1 Å². The number of furan rings is 1. The lowest BCUT2D eigenvalue weighted by Crippen LogP contribution is -2.44. The molecule has 7 nitrogen and oxygen atoms in total. The SMILES string of the molecule is Cc1nnc([C@@H]2CN(C(=O)[C@@H](C)c3cc4ccccc4o3)CCO2)o1. The highest BCUT2D eigenvalue weighted by Gasteiger charge is 2.32. The monoisotopic (exact) mass is 341 g/mol. The first kappa shape index (κ1) is 15.8. The molecule has 1 saturated heterocycles. The first-order chi connectivity index (χ1) is 12.1. The molecule has 7 heteroatoms. The molecule has 3 heterocycles. The minimum Gasteiger partial charge on any atom is -0.460 e. The Labute approximate surface area is 144 Å². The van der Waals surface area contributed by atoms with Crippen LogP contribution in [0.3, 0.4) is 0 Å². The van der Waals surface area contributed by atoms with Crippen LogP contribution < -0.4 is 0 Å². The number of nitrogens with zero attached hydrogens (tertiary/aromatic N) is 3. The van der Waals surface area contributed by atoms with Crippen molar-refractivity contribution in [1.29, 1.82) is 0 Å². The summed E-state index contributed by atoms with van der Waals surface area (Å²) in [5.74, 6) is 1.20. The van der Waals surface area contributed by atoms with Crippen LogP contribution >= 0.6 is 0 Å². The number of amides is 1. The number of para-hydroxylation sites is 1. The summed E-state index contributed by atoms with van der Waals surface area (Å²) >= 11 is 0. The van der Waals surface area contributed by atoms with Gasteiger partial charge in [-0.1, -0.05) is 18.2 Å². The normalized spacial score (nSPS) is 19.3. The third kappa shape index (κ3) is 3.02. The molecule has 0 radical (unpaired) electrons. The fraction of sp³-hybridized carbons (Fsp3) is 0.389. The third-order valence-corrected chi connectivity index (χ3v) is 4.44. The first-order valence-corrected chi connectivity index (χ1v) is 8.30. The van der Waals surface area contributed by atoms with Gasteiger partial charge in [-0.3, -0.25) is 4.79 Å². The van der Waals surface area contributed by atoms with Crippen LogP contribution in [0.4, 0.5) is 0 Å². The second kappa shape index (κ2) is 6.33. The summed E-state index contributed by atoms with van der Waals surface area (Å²) in [4.78, 5) is 14.7. The molecule has 0 N–H and O–H groups in total. The zero-order chi connectivity index (χ0) is 17.4. The predicted molar refractivity (Wildman–Crippen MR) is 88.9 cm³/mol. The molecule has 0 aliphatic carbocycles. The second-order valence-corrected chi connectivity index (χ2v) is 6.21. The topological polar surface area (TPSA) is 81.6 Å². The molecule has 3 aromatic rings. The highest BCUT2D eigenvalue weighted by atomic mass is 16.5. The van der Waals surface area contributed by atoms with Gasteiger partial charge in [0.2, 0.25) is 17.7 Å². The lowest BCUT2D eigenvalue weighted by Gasteiger charge is -2.32. The minimum absolute atomic E-state index is 0.00333. The van der Waals surface area contributed by atoms with Gasteiger partial charge in [-0.2, -0.15) is 0 Å². The molecule has 1 fully saturated rings. The predicted octanol–water partition coefficient (Wildman–Crippen LogP) is 2.83. The van der Waals surface area contributed by atoms with Crippen LogP contribution in [0.15, 0.2) is 39.2 Å². The Balaban J connectivity index is 1.51. The Kier molecular flexibility index (Phi) is 4.01. The van der Waals surface area contributed by atoms with Crippen molar-refractivity contribution in [2.45, 2.75) is 25.9 Å². The van der Waals surface area contributed by atoms with Crippen molar-refractivity contribution in [3.63, 3.8) is 0 Å². The van der Waals surface area contributed by atoms with Crippen LogP contribution in [0.5, 0.6) is 0 Å². The van der Waals surface area contributed by atoms with Gasteiger partial charge in [0.25, 0.3) is 0 Å². The van der Waals surface area contributed by atoms with Gasteiger partial charge in [-0.05, 0) is 19.1 Å². The van der Waals surface area contributed by atoms with E-state index in [9.17, 15) is 4.79 Å². The number of rotatable bonds is 3. The van der Waals surface area contributed by atoms with Crippen molar-refractivity contribution < 1.29 is 18.4 Å². The van der Waals surface area contributed by atoms with Crippen molar-refractivity contribution in [3.05, 3.63) is 47.9 Å². The number of hydrogen-bond donors (Lipinski definition) is 0. The summed E-state index contributed by atoms with van der Waals surface area (Å²) < 4.78 is 16.9. The Morgan fingerprint density at radius 2 is 2.12 bits per heavy atom. The van der Waals surface area contributed by atoms with Gasteiger partial charge < -0.3 is 18.5 Å². The van der Waals surface area contributed by atoms with Gasteiger partial charge in [0.1, 0.15) is 11.3 Å². The van der Waals surface area contributed by atoms with E-state index in [0.29, 0.717) is 37.2 Å². The maximum absolute atomic E-state index is 12.9. The smallest absolute Gasteiger partial charge is 0.246 e. The van der Waals surface area contributed by atoms with E-state index in [1.807, 2.05) is 37.3 Å². The van der Waals surface area contributed by atoms with Crippen molar-refractivity contribution in [2.75, 3.05) is 19.7 Å². The Morgan fingerprint density at radius 1 is 1.28 bits per heavy atom. The quantitative estimate of drug-likeness (QED) is 0.728. The maximum atomic E-state index is 12.9. The highest BCUT2D eigenvalue weighted by molar-refractivity contribution is 5.85. The molecule has 130 valence electrons. The molecule has 2 aromatic heterocycles. The van der Waals surface area contributed by atoms with Gasteiger partial charge in [-0.15, -0.1) is 10.2 Å². The number of hydrogen-bond acceptors (Lipinski definition) is 6. The highest BCUT2D eigenvalue weighted by Crippen LogP contribution is 2.28. The Hall–Kier alpha value is -2.67. The van der Waals surface area contributed by atoms with E-state index in [1.165, 1.54) is 0 Å². The molecule has 25 heavy (non-hydrogen) atoms. The number of morpholine rings is 1. The first-order valence-electron chi connectivity index (χ1n) is 8.30. The summed E-state index contributed by atoms with van der Waals surface area (Å²) in [5.41, 5.74) is 0.790. The summed E-state index contributed by atoms with van der Waals surface area (Å²) in [5, 5.41) is 8.82. The fourth-order valence-electron chi connectivity index (χ4n) is 3.05. The standard InChI is InChI=1S/C18H19N3O4/c1-11(15-9-13-5-3-4-6-14(13)25-15)18(22)21-7-8-23-16(10-21)17-20-19-12(2)24-17/h3-6,9,11,16H,7-8,10H2,1-2H3/t11-,16-/m0/s1. The zero-order valence-electron chi connectivity index (χ0n) is 14.1. The van der Waals surface area contributed by atoms with Gasteiger partial charge in [0.15, 0.2) is 6.10 Å². The summed E-state index contributed by atoms with van der Waals surface area (Å²) in [6.07, 6.45) is -0.387. The van der Waals surface area contributed by atoms with E-state index in [1.54, 1.807) is 11.8 Å². The van der Waals surface area contributed by atoms with Gasteiger partial charge >= 0.3 is 0 Å². The van der Waals surface area contributed by atoms with Crippen LogP contribution in [-0.4, -0.2) is 40.7 Å². The van der Waals surface area contributed by atoms with E-state index < -0.39 is 0 Å². The van der Waals surface area contributed by atoms with E-state index in [0.717, 1.165) is 11.0 Å². The molecule has 4 rings (SSSR count). The Morgan fingerprint density at radius 3 is 2.88 bits per heavy atom. The summed E-state index contributed by atoms with van der Waals surface area (Å²) in [6.45, 7) is 4.95.